The van der Waals surface area contributed by atoms with Gasteiger partial charge in [-0.1, -0.05) is 6.07 Å². The third-order valence-electron chi connectivity index (χ3n) is 4.51. The Morgan fingerprint density at radius 2 is 1.93 bits per heavy atom. The number of hydrogen-bond donors (Lipinski definition) is 1. The normalized spacial score (nSPS) is 16.0. The molecule has 1 heterocycles. The topological polar surface area (TPSA) is 84.9 Å². The largest absolute Gasteiger partial charge is 0.494 e. The molecule has 2 aromatic rings. The molecule has 0 aromatic heterocycles. The van der Waals surface area contributed by atoms with Crippen LogP contribution in [0.2, 0.25) is 0 Å². The highest BCUT2D eigenvalue weighted by molar-refractivity contribution is 6.04. The fourth-order valence-corrected chi connectivity index (χ4v) is 3.10. The molecule has 0 spiro atoms. The van der Waals surface area contributed by atoms with Gasteiger partial charge in [-0.15, -0.1) is 0 Å². The maximum absolute atomic E-state index is 12.6. The van der Waals surface area contributed by atoms with Crippen molar-refractivity contribution in [2.75, 3.05) is 30.5 Å². The van der Waals surface area contributed by atoms with E-state index in [0.29, 0.717) is 23.5 Å². The molecule has 7 nitrogen and oxygen atoms in total. The van der Waals surface area contributed by atoms with Gasteiger partial charge in [-0.05, 0) is 49.4 Å². The Kier molecular flexibility index (Phi) is 5.93. The van der Waals surface area contributed by atoms with Crippen molar-refractivity contribution in [2.45, 2.75) is 13.3 Å². The summed E-state index contributed by atoms with van der Waals surface area (Å²) in [5, 5.41) is 2.84. The number of carbonyl (C=O) groups excluding carboxylic acids is 3. The number of rotatable bonds is 6. The third-order valence-corrected chi connectivity index (χ3v) is 4.51. The summed E-state index contributed by atoms with van der Waals surface area (Å²) in [5.74, 6) is -0.592. The highest BCUT2D eigenvalue weighted by Gasteiger charge is 2.35. The molecule has 1 aliphatic heterocycles. The van der Waals surface area contributed by atoms with Crippen molar-refractivity contribution in [1.82, 2.24) is 0 Å². The van der Waals surface area contributed by atoms with E-state index in [-0.39, 0.29) is 24.8 Å². The first-order valence-corrected chi connectivity index (χ1v) is 9.04. The maximum atomic E-state index is 12.6. The summed E-state index contributed by atoms with van der Waals surface area (Å²) in [7, 11) is 1.30. The Hall–Kier alpha value is -3.35. The van der Waals surface area contributed by atoms with E-state index in [1.165, 1.54) is 12.0 Å². The summed E-state index contributed by atoms with van der Waals surface area (Å²) in [6.45, 7) is 2.73. The van der Waals surface area contributed by atoms with Gasteiger partial charge >= 0.3 is 5.97 Å². The van der Waals surface area contributed by atoms with Gasteiger partial charge in [0.05, 0.1) is 25.2 Å². The molecule has 3 rings (SSSR count). The minimum absolute atomic E-state index is 0.116. The first-order chi connectivity index (χ1) is 13.5. The molecule has 0 aliphatic carbocycles. The number of ether oxygens (including phenoxy) is 2. The average molecular weight is 382 g/mol. The van der Waals surface area contributed by atoms with Gasteiger partial charge in [0.2, 0.25) is 11.8 Å². The second-order valence-electron chi connectivity index (χ2n) is 6.39. The Morgan fingerprint density at radius 3 is 2.61 bits per heavy atom. The number of amides is 2. The maximum Gasteiger partial charge on any atom is 0.337 e. The predicted octanol–water partition coefficient (Wildman–Crippen LogP) is 2.86. The molecular formula is C21H22N2O5. The van der Waals surface area contributed by atoms with Gasteiger partial charge in [0.25, 0.3) is 0 Å². The highest BCUT2D eigenvalue weighted by Crippen LogP contribution is 2.27. The molecule has 1 saturated heterocycles. The van der Waals surface area contributed by atoms with Crippen LogP contribution in [0, 0.1) is 5.92 Å². The van der Waals surface area contributed by atoms with E-state index in [1.54, 1.807) is 48.5 Å². The van der Waals surface area contributed by atoms with Gasteiger partial charge in [-0.2, -0.15) is 0 Å². The van der Waals surface area contributed by atoms with Crippen LogP contribution < -0.4 is 15.0 Å². The molecule has 0 radical (unpaired) electrons. The van der Waals surface area contributed by atoms with E-state index in [2.05, 4.69) is 5.32 Å². The minimum Gasteiger partial charge on any atom is -0.494 e. The standard InChI is InChI=1S/C21H22N2O5/c1-3-28-18-9-7-16(8-10-18)22-20(25)15-12-19(24)23(13-15)17-6-4-5-14(11-17)21(26)27-2/h4-11,15H,3,12-13H2,1-2H3,(H,22,25). The number of nitrogens with zero attached hydrogens (tertiary/aromatic N) is 1. The lowest BCUT2D eigenvalue weighted by molar-refractivity contribution is -0.122. The second-order valence-corrected chi connectivity index (χ2v) is 6.39. The van der Waals surface area contributed by atoms with Gasteiger partial charge in [-0.3, -0.25) is 9.59 Å². The van der Waals surface area contributed by atoms with E-state index >= 15 is 0 Å². The van der Waals surface area contributed by atoms with Gasteiger partial charge in [0.1, 0.15) is 5.75 Å². The fourth-order valence-electron chi connectivity index (χ4n) is 3.10. The predicted molar refractivity (Wildman–Crippen MR) is 104 cm³/mol. The molecule has 1 unspecified atom stereocenters. The van der Waals surface area contributed by atoms with Crippen molar-refractivity contribution in [3.05, 3.63) is 54.1 Å². The van der Waals surface area contributed by atoms with Crippen LogP contribution in [0.15, 0.2) is 48.5 Å². The van der Waals surface area contributed by atoms with Crippen LogP contribution >= 0.6 is 0 Å². The monoisotopic (exact) mass is 382 g/mol. The van der Waals surface area contributed by atoms with Crippen LogP contribution in [0.3, 0.4) is 0 Å². The van der Waals surface area contributed by atoms with E-state index < -0.39 is 11.9 Å². The number of methoxy groups -OCH3 is 1. The second kappa shape index (κ2) is 8.56. The van der Waals surface area contributed by atoms with Crippen LogP contribution in [0.5, 0.6) is 5.75 Å². The van der Waals surface area contributed by atoms with Crippen LogP contribution in [0.25, 0.3) is 0 Å². The highest BCUT2D eigenvalue weighted by atomic mass is 16.5. The Balaban J connectivity index is 1.66. The molecule has 1 aliphatic rings. The number of hydrogen-bond acceptors (Lipinski definition) is 5. The zero-order valence-electron chi connectivity index (χ0n) is 15.8. The number of carbonyl (C=O) groups is 3. The Labute approximate surface area is 163 Å². The summed E-state index contributed by atoms with van der Waals surface area (Å²) >= 11 is 0. The number of anilines is 2. The Bertz CT molecular complexity index is 879. The van der Waals surface area contributed by atoms with Crippen molar-refractivity contribution in [1.29, 1.82) is 0 Å². The molecule has 2 aromatic carbocycles. The lowest BCUT2D eigenvalue weighted by Crippen LogP contribution is -2.28. The quantitative estimate of drug-likeness (QED) is 0.777. The molecule has 1 fully saturated rings. The van der Waals surface area contributed by atoms with Crippen molar-refractivity contribution in [3.63, 3.8) is 0 Å². The molecule has 146 valence electrons. The lowest BCUT2D eigenvalue weighted by atomic mass is 10.1. The van der Waals surface area contributed by atoms with E-state index in [0.717, 1.165) is 5.75 Å². The number of benzene rings is 2. The van der Waals surface area contributed by atoms with E-state index in [9.17, 15) is 14.4 Å². The molecule has 1 N–H and O–H groups in total. The Morgan fingerprint density at radius 1 is 1.18 bits per heavy atom. The molecular weight excluding hydrogens is 360 g/mol. The molecule has 7 heteroatoms. The van der Waals surface area contributed by atoms with Crippen LogP contribution in [-0.2, 0) is 14.3 Å². The van der Waals surface area contributed by atoms with Gasteiger partial charge in [0.15, 0.2) is 0 Å². The molecule has 28 heavy (non-hydrogen) atoms. The van der Waals surface area contributed by atoms with Crippen molar-refractivity contribution < 1.29 is 23.9 Å². The third kappa shape index (κ3) is 4.31. The zero-order chi connectivity index (χ0) is 20.1. The number of nitrogens with one attached hydrogen (secondary N) is 1. The van der Waals surface area contributed by atoms with Crippen LogP contribution in [-0.4, -0.2) is 38.0 Å². The van der Waals surface area contributed by atoms with Gasteiger partial charge in [-0.25, -0.2) is 4.79 Å². The van der Waals surface area contributed by atoms with Crippen molar-refractivity contribution >= 4 is 29.2 Å². The van der Waals surface area contributed by atoms with Crippen LogP contribution in [0.4, 0.5) is 11.4 Å². The summed E-state index contributed by atoms with van der Waals surface area (Å²) in [6.07, 6.45) is 0.116. The minimum atomic E-state index is -0.474. The SMILES string of the molecule is CCOc1ccc(NC(=O)C2CC(=O)N(c3cccc(C(=O)OC)c3)C2)cc1. The van der Waals surface area contributed by atoms with Gasteiger partial charge in [0, 0.05) is 24.3 Å². The van der Waals surface area contributed by atoms with Crippen molar-refractivity contribution in [2.24, 2.45) is 5.92 Å². The lowest BCUT2D eigenvalue weighted by Gasteiger charge is -2.17. The fraction of sp³-hybridized carbons (Fsp3) is 0.286. The molecule has 0 saturated carbocycles. The molecule has 0 bridgehead atoms. The smallest absolute Gasteiger partial charge is 0.337 e. The first kappa shape index (κ1) is 19.4. The molecule has 1 atom stereocenters. The van der Waals surface area contributed by atoms with Crippen LogP contribution in [0.1, 0.15) is 23.7 Å². The average Bonchev–Trinajstić information content (AvgIpc) is 3.11. The zero-order valence-corrected chi connectivity index (χ0v) is 15.8. The molecule has 2 amide bonds. The van der Waals surface area contributed by atoms with Crippen molar-refractivity contribution in [3.8, 4) is 5.75 Å². The summed E-state index contributed by atoms with van der Waals surface area (Å²) in [4.78, 5) is 38.2. The summed E-state index contributed by atoms with van der Waals surface area (Å²) in [5.41, 5.74) is 1.58. The van der Waals surface area contributed by atoms with E-state index in [1.807, 2.05) is 6.92 Å². The summed E-state index contributed by atoms with van der Waals surface area (Å²) in [6, 6.07) is 13.7. The number of esters is 1. The summed E-state index contributed by atoms with van der Waals surface area (Å²) < 4.78 is 10.1. The first-order valence-electron chi connectivity index (χ1n) is 9.04. The van der Waals surface area contributed by atoms with E-state index in [4.69, 9.17) is 9.47 Å². The van der Waals surface area contributed by atoms with Gasteiger partial charge < -0.3 is 19.7 Å².